The lowest BCUT2D eigenvalue weighted by atomic mass is 9.96. The molecule has 0 radical (unpaired) electrons. The predicted octanol–water partition coefficient (Wildman–Crippen LogP) is 2.50. The molecule has 74 valence electrons. The lowest BCUT2D eigenvalue weighted by Gasteiger charge is -2.22. The van der Waals surface area contributed by atoms with Crippen molar-refractivity contribution in [3.63, 3.8) is 0 Å². The average molecular weight is 190 g/mol. The molecule has 2 nitrogen and oxygen atoms in total. The Morgan fingerprint density at radius 3 is 2.93 bits per heavy atom. The monoisotopic (exact) mass is 190 g/mol. The van der Waals surface area contributed by atoms with E-state index in [1.807, 2.05) is 24.3 Å². The van der Waals surface area contributed by atoms with E-state index in [-0.39, 0.29) is 5.60 Å². The highest BCUT2D eigenvalue weighted by atomic mass is 16.5. The lowest BCUT2D eigenvalue weighted by molar-refractivity contribution is 0.0389. The van der Waals surface area contributed by atoms with Crippen LogP contribution >= 0.6 is 0 Å². The first-order chi connectivity index (χ1) is 6.74. The van der Waals surface area contributed by atoms with Gasteiger partial charge < -0.3 is 9.47 Å². The van der Waals surface area contributed by atoms with Gasteiger partial charge in [-0.3, -0.25) is 0 Å². The van der Waals surface area contributed by atoms with Gasteiger partial charge >= 0.3 is 0 Å². The number of hydrogen-bond donors (Lipinski definition) is 0. The fourth-order valence-corrected chi connectivity index (χ4v) is 1.65. The SMILES string of the molecule is COc1cccc([C@@]2(C)C=CCO2)c1. The predicted molar refractivity (Wildman–Crippen MR) is 55.4 cm³/mol. The van der Waals surface area contributed by atoms with Crippen LogP contribution in [0.2, 0.25) is 0 Å². The largest absolute Gasteiger partial charge is 0.497 e. The van der Waals surface area contributed by atoms with Gasteiger partial charge in [-0.25, -0.2) is 0 Å². The van der Waals surface area contributed by atoms with Crippen LogP contribution in [-0.2, 0) is 10.3 Å². The number of ether oxygens (including phenoxy) is 2. The fraction of sp³-hybridized carbons (Fsp3) is 0.333. The lowest BCUT2D eigenvalue weighted by Crippen LogP contribution is -2.19. The van der Waals surface area contributed by atoms with Crippen LogP contribution in [0.3, 0.4) is 0 Å². The number of methoxy groups -OCH3 is 1. The number of rotatable bonds is 2. The van der Waals surface area contributed by atoms with E-state index in [4.69, 9.17) is 9.47 Å². The van der Waals surface area contributed by atoms with Gasteiger partial charge in [0.1, 0.15) is 11.4 Å². The van der Waals surface area contributed by atoms with E-state index in [0.29, 0.717) is 6.61 Å². The normalized spacial score (nSPS) is 25.3. The maximum atomic E-state index is 5.66. The Bertz CT molecular complexity index is 357. The summed E-state index contributed by atoms with van der Waals surface area (Å²) in [7, 11) is 1.67. The molecule has 1 atom stereocenters. The second kappa shape index (κ2) is 3.46. The second-order valence-electron chi connectivity index (χ2n) is 3.55. The smallest absolute Gasteiger partial charge is 0.119 e. The van der Waals surface area contributed by atoms with E-state index in [1.165, 1.54) is 0 Å². The molecule has 1 aromatic carbocycles. The zero-order valence-electron chi connectivity index (χ0n) is 8.49. The van der Waals surface area contributed by atoms with Crippen LogP contribution in [0.1, 0.15) is 12.5 Å². The highest BCUT2D eigenvalue weighted by Gasteiger charge is 2.27. The van der Waals surface area contributed by atoms with E-state index in [0.717, 1.165) is 11.3 Å². The van der Waals surface area contributed by atoms with E-state index >= 15 is 0 Å². The Hall–Kier alpha value is -1.28. The Morgan fingerprint density at radius 2 is 2.29 bits per heavy atom. The number of benzene rings is 1. The van der Waals surface area contributed by atoms with Crippen molar-refractivity contribution in [3.8, 4) is 5.75 Å². The van der Waals surface area contributed by atoms with Crippen molar-refractivity contribution < 1.29 is 9.47 Å². The van der Waals surface area contributed by atoms with Crippen LogP contribution in [-0.4, -0.2) is 13.7 Å². The first kappa shape index (κ1) is 9.28. The third kappa shape index (κ3) is 1.53. The Kier molecular flexibility index (Phi) is 2.30. The molecule has 0 N–H and O–H groups in total. The highest BCUT2D eigenvalue weighted by molar-refractivity contribution is 5.35. The van der Waals surface area contributed by atoms with Crippen molar-refractivity contribution in [2.45, 2.75) is 12.5 Å². The fourth-order valence-electron chi connectivity index (χ4n) is 1.65. The van der Waals surface area contributed by atoms with Gasteiger partial charge in [-0.05, 0) is 24.6 Å². The quantitative estimate of drug-likeness (QED) is 0.667. The number of hydrogen-bond acceptors (Lipinski definition) is 2. The van der Waals surface area contributed by atoms with Crippen LogP contribution in [0.25, 0.3) is 0 Å². The molecule has 0 saturated heterocycles. The summed E-state index contributed by atoms with van der Waals surface area (Å²) in [6.07, 6.45) is 4.13. The maximum absolute atomic E-state index is 5.66. The molecule has 0 unspecified atom stereocenters. The molecular weight excluding hydrogens is 176 g/mol. The van der Waals surface area contributed by atoms with Gasteiger partial charge in [0.05, 0.1) is 13.7 Å². The molecule has 0 saturated carbocycles. The first-order valence-electron chi connectivity index (χ1n) is 4.71. The van der Waals surface area contributed by atoms with Crippen molar-refractivity contribution in [2.75, 3.05) is 13.7 Å². The third-order valence-corrected chi connectivity index (χ3v) is 2.56. The van der Waals surface area contributed by atoms with Crippen LogP contribution in [0.15, 0.2) is 36.4 Å². The van der Waals surface area contributed by atoms with Gasteiger partial charge in [-0.2, -0.15) is 0 Å². The minimum Gasteiger partial charge on any atom is -0.497 e. The van der Waals surface area contributed by atoms with E-state index in [2.05, 4.69) is 19.1 Å². The first-order valence-corrected chi connectivity index (χ1v) is 4.71. The zero-order valence-corrected chi connectivity index (χ0v) is 8.49. The van der Waals surface area contributed by atoms with Crippen LogP contribution in [0.4, 0.5) is 0 Å². The summed E-state index contributed by atoms with van der Waals surface area (Å²) in [5.74, 6) is 0.868. The van der Waals surface area contributed by atoms with E-state index in [1.54, 1.807) is 7.11 Å². The van der Waals surface area contributed by atoms with Gasteiger partial charge in [0.2, 0.25) is 0 Å². The zero-order chi connectivity index (χ0) is 10.0. The minimum atomic E-state index is -0.283. The average Bonchev–Trinajstić information content (AvgIpc) is 2.67. The molecule has 1 aliphatic rings. The highest BCUT2D eigenvalue weighted by Crippen LogP contribution is 2.32. The molecule has 0 amide bonds. The second-order valence-corrected chi connectivity index (χ2v) is 3.55. The molecule has 1 aliphatic heterocycles. The Morgan fingerprint density at radius 1 is 1.43 bits per heavy atom. The molecule has 2 heteroatoms. The molecule has 0 bridgehead atoms. The van der Waals surface area contributed by atoms with Gasteiger partial charge in [0, 0.05) is 0 Å². The Labute approximate surface area is 84.2 Å². The molecule has 1 aromatic rings. The summed E-state index contributed by atoms with van der Waals surface area (Å²) in [5.41, 5.74) is 0.847. The van der Waals surface area contributed by atoms with Crippen LogP contribution < -0.4 is 4.74 Å². The van der Waals surface area contributed by atoms with Crippen molar-refractivity contribution in [1.29, 1.82) is 0 Å². The topological polar surface area (TPSA) is 18.5 Å². The van der Waals surface area contributed by atoms with Gasteiger partial charge in [0.25, 0.3) is 0 Å². The van der Waals surface area contributed by atoms with E-state index < -0.39 is 0 Å². The van der Waals surface area contributed by atoms with E-state index in [9.17, 15) is 0 Å². The summed E-state index contributed by atoms with van der Waals surface area (Å²) in [5, 5.41) is 0. The standard InChI is InChI=1S/C12H14O2/c1-12(7-4-8-14-12)10-5-3-6-11(9-10)13-2/h3-7,9H,8H2,1-2H3/t12-/m1/s1. The molecule has 1 heterocycles. The maximum Gasteiger partial charge on any atom is 0.119 e. The Balaban J connectivity index is 2.35. The molecule has 2 rings (SSSR count). The molecule has 14 heavy (non-hydrogen) atoms. The van der Waals surface area contributed by atoms with Crippen molar-refractivity contribution in [3.05, 3.63) is 42.0 Å². The molecular formula is C12H14O2. The van der Waals surface area contributed by atoms with Gasteiger partial charge in [-0.15, -0.1) is 0 Å². The van der Waals surface area contributed by atoms with Crippen molar-refractivity contribution in [1.82, 2.24) is 0 Å². The summed E-state index contributed by atoms with van der Waals surface area (Å²) >= 11 is 0. The third-order valence-electron chi connectivity index (χ3n) is 2.56. The minimum absolute atomic E-state index is 0.283. The summed E-state index contributed by atoms with van der Waals surface area (Å²) in [6, 6.07) is 7.98. The molecule has 0 aromatic heterocycles. The van der Waals surface area contributed by atoms with Gasteiger partial charge in [0.15, 0.2) is 0 Å². The summed E-state index contributed by atoms with van der Waals surface area (Å²) < 4.78 is 10.8. The summed E-state index contributed by atoms with van der Waals surface area (Å²) in [4.78, 5) is 0. The van der Waals surface area contributed by atoms with Crippen LogP contribution in [0.5, 0.6) is 5.75 Å². The van der Waals surface area contributed by atoms with Crippen molar-refractivity contribution in [2.24, 2.45) is 0 Å². The molecule has 0 aliphatic carbocycles. The molecule has 0 spiro atoms. The molecule has 0 fully saturated rings. The summed E-state index contributed by atoms with van der Waals surface area (Å²) in [6.45, 7) is 2.75. The van der Waals surface area contributed by atoms with Crippen LogP contribution in [0, 0.1) is 0 Å². The van der Waals surface area contributed by atoms with Gasteiger partial charge in [-0.1, -0.05) is 24.3 Å². The van der Waals surface area contributed by atoms with Crippen molar-refractivity contribution >= 4 is 0 Å².